The fourth-order valence-electron chi connectivity index (χ4n) is 2.55. The molecule has 1 rings (SSSR count). The van der Waals surface area contributed by atoms with E-state index in [-0.39, 0.29) is 23.0 Å². The van der Waals surface area contributed by atoms with E-state index in [2.05, 4.69) is 46.4 Å². The first kappa shape index (κ1) is 15.5. The van der Waals surface area contributed by atoms with Gasteiger partial charge in [-0.2, -0.15) is 0 Å². The minimum atomic E-state index is -0.164. The summed E-state index contributed by atoms with van der Waals surface area (Å²) in [6.07, 6.45) is 1.02. The van der Waals surface area contributed by atoms with Crippen molar-refractivity contribution in [3.63, 3.8) is 0 Å². The average molecular weight is 255 g/mol. The third-order valence-electron chi connectivity index (χ3n) is 3.92. The molecule has 0 radical (unpaired) electrons. The monoisotopic (exact) mass is 255 g/mol. The van der Waals surface area contributed by atoms with E-state index in [0.29, 0.717) is 5.92 Å². The highest BCUT2D eigenvalue weighted by molar-refractivity contribution is 5.66. The van der Waals surface area contributed by atoms with Crippen LogP contribution in [0, 0.1) is 11.3 Å². The van der Waals surface area contributed by atoms with E-state index in [1.165, 1.54) is 6.92 Å². The predicted molar refractivity (Wildman–Crippen MR) is 74.4 cm³/mol. The third kappa shape index (κ3) is 4.27. The van der Waals surface area contributed by atoms with Crippen LogP contribution in [0.25, 0.3) is 0 Å². The molecule has 1 aliphatic rings. The summed E-state index contributed by atoms with van der Waals surface area (Å²) in [4.78, 5) is 13.6. The number of carbonyl (C=O) groups is 1. The van der Waals surface area contributed by atoms with E-state index in [1.807, 2.05) is 0 Å². The number of hydrogen-bond acceptors (Lipinski definition) is 3. The van der Waals surface area contributed by atoms with Crippen LogP contribution in [-0.2, 0) is 9.53 Å². The normalized spacial score (nSPS) is 27.1. The van der Waals surface area contributed by atoms with Crippen molar-refractivity contribution in [1.82, 2.24) is 4.90 Å². The summed E-state index contributed by atoms with van der Waals surface area (Å²) in [5, 5.41) is 0. The van der Waals surface area contributed by atoms with Crippen LogP contribution in [-0.4, -0.2) is 35.6 Å². The molecule has 0 aromatic rings. The van der Waals surface area contributed by atoms with Crippen molar-refractivity contribution in [1.29, 1.82) is 0 Å². The van der Waals surface area contributed by atoms with E-state index in [4.69, 9.17) is 4.74 Å². The Labute approximate surface area is 112 Å². The fourth-order valence-corrected chi connectivity index (χ4v) is 2.55. The van der Waals surface area contributed by atoms with Gasteiger partial charge in [0.1, 0.15) is 6.10 Å². The lowest BCUT2D eigenvalue weighted by Gasteiger charge is -2.47. The zero-order chi connectivity index (χ0) is 14.1. The smallest absolute Gasteiger partial charge is 0.302 e. The Hall–Kier alpha value is -0.570. The summed E-state index contributed by atoms with van der Waals surface area (Å²) in [6, 6.07) is 0. The number of likely N-dealkylation sites (tertiary alicyclic amines) is 1. The second-order valence-electron chi connectivity index (χ2n) is 7.61. The highest BCUT2D eigenvalue weighted by Gasteiger charge is 2.38. The van der Waals surface area contributed by atoms with Crippen LogP contribution in [0.15, 0.2) is 0 Å². The molecule has 3 heteroatoms. The molecule has 3 nitrogen and oxygen atoms in total. The zero-order valence-electron chi connectivity index (χ0n) is 13.0. The highest BCUT2D eigenvalue weighted by Crippen LogP contribution is 2.36. The maximum absolute atomic E-state index is 11.2. The maximum Gasteiger partial charge on any atom is 0.302 e. The highest BCUT2D eigenvalue weighted by atomic mass is 16.5. The molecular formula is C15H29NO2. The van der Waals surface area contributed by atoms with Crippen molar-refractivity contribution in [3.8, 4) is 0 Å². The Kier molecular flexibility index (Phi) is 4.47. The summed E-state index contributed by atoms with van der Waals surface area (Å²) in [6.45, 7) is 16.9. The van der Waals surface area contributed by atoms with Crippen LogP contribution in [0.4, 0.5) is 0 Å². The number of rotatable bonds is 1. The van der Waals surface area contributed by atoms with Crippen molar-refractivity contribution in [2.45, 2.75) is 66.5 Å². The average Bonchev–Trinajstić information content (AvgIpc) is 2.13. The van der Waals surface area contributed by atoms with Gasteiger partial charge in [-0.05, 0) is 38.5 Å². The first-order valence-electron chi connectivity index (χ1n) is 6.92. The van der Waals surface area contributed by atoms with Crippen LogP contribution in [0.3, 0.4) is 0 Å². The molecule has 0 unspecified atom stereocenters. The van der Waals surface area contributed by atoms with Gasteiger partial charge in [-0.1, -0.05) is 20.8 Å². The van der Waals surface area contributed by atoms with E-state index in [0.717, 1.165) is 19.5 Å². The van der Waals surface area contributed by atoms with Crippen molar-refractivity contribution in [2.75, 3.05) is 13.1 Å². The number of hydrogen-bond donors (Lipinski definition) is 0. The topological polar surface area (TPSA) is 29.5 Å². The first-order chi connectivity index (χ1) is 8.00. The molecule has 0 N–H and O–H groups in total. The Bertz CT molecular complexity index is 277. The van der Waals surface area contributed by atoms with E-state index >= 15 is 0 Å². The molecule has 1 heterocycles. The molecule has 1 fully saturated rings. The number of carbonyl (C=O) groups excluding carboxylic acids is 1. The minimum Gasteiger partial charge on any atom is -0.461 e. The molecule has 0 aromatic carbocycles. The second-order valence-corrected chi connectivity index (χ2v) is 7.61. The van der Waals surface area contributed by atoms with Gasteiger partial charge in [0.05, 0.1) is 0 Å². The van der Waals surface area contributed by atoms with Gasteiger partial charge in [-0.15, -0.1) is 0 Å². The van der Waals surface area contributed by atoms with Gasteiger partial charge in [0.15, 0.2) is 0 Å². The van der Waals surface area contributed by atoms with Gasteiger partial charge >= 0.3 is 5.97 Å². The Balaban J connectivity index is 2.82. The standard InChI is InChI=1S/C15H29NO2/c1-11(17)18-13-8-12(14(2,3)4)9-16(10-13)15(5,6)7/h12-13H,8-10H2,1-7H3/t12-,13-/m1/s1. The summed E-state index contributed by atoms with van der Waals surface area (Å²) >= 11 is 0. The summed E-state index contributed by atoms with van der Waals surface area (Å²) in [7, 11) is 0. The SMILES string of the molecule is CC(=O)O[C@@H]1C[C@@H](C(C)(C)C)CN(C(C)(C)C)C1. The Morgan fingerprint density at radius 2 is 1.67 bits per heavy atom. The Morgan fingerprint density at radius 3 is 2.06 bits per heavy atom. The van der Waals surface area contributed by atoms with Crippen LogP contribution < -0.4 is 0 Å². The maximum atomic E-state index is 11.2. The van der Waals surface area contributed by atoms with E-state index in [1.54, 1.807) is 0 Å². The van der Waals surface area contributed by atoms with Gasteiger partial charge in [0.25, 0.3) is 0 Å². The summed E-state index contributed by atoms with van der Waals surface area (Å²) in [5.74, 6) is 0.401. The van der Waals surface area contributed by atoms with Crippen molar-refractivity contribution >= 4 is 5.97 Å². The van der Waals surface area contributed by atoms with Gasteiger partial charge < -0.3 is 4.74 Å². The Morgan fingerprint density at radius 1 is 1.11 bits per heavy atom. The largest absolute Gasteiger partial charge is 0.461 e. The number of ether oxygens (including phenoxy) is 1. The number of piperidine rings is 1. The van der Waals surface area contributed by atoms with Crippen molar-refractivity contribution in [2.24, 2.45) is 11.3 Å². The van der Waals surface area contributed by atoms with Crippen LogP contribution in [0.1, 0.15) is 54.9 Å². The zero-order valence-corrected chi connectivity index (χ0v) is 13.0. The summed E-state index contributed by atoms with van der Waals surface area (Å²) < 4.78 is 5.46. The third-order valence-corrected chi connectivity index (χ3v) is 3.92. The van der Waals surface area contributed by atoms with Gasteiger partial charge in [-0.3, -0.25) is 9.69 Å². The van der Waals surface area contributed by atoms with Gasteiger partial charge in [0.2, 0.25) is 0 Å². The van der Waals surface area contributed by atoms with Crippen molar-refractivity contribution in [3.05, 3.63) is 0 Å². The number of esters is 1. The molecule has 0 spiro atoms. The summed E-state index contributed by atoms with van der Waals surface area (Å²) in [5.41, 5.74) is 0.380. The minimum absolute atomic E-state index is 0.0414. The molecule has 0 amide bonds. The molecule has 0 aromatic heterocycles. The van der Waals surface area contributed by atoms with E-state index in [9.17, 15) is 4.79 Å². The lowest BCUT2D eigenvalue weighted by Crippen LogP contribution is -2.54. The molecule has 0 saturated carbocycles. The lowest BCUT2D eigenvalue weighted by atomic mass is 9.74. The molecule has 2 atom stereocenters. The predicted octanol–water partition coefficient (Wildman–Crippen LogP) is 3.08. The van der Waals surface area contributed by atoms with Crippen LogP contribution >= 0.6 is 0 Å². The van der Waals surface area contributed by atoms with E-state index < -0.39 is 0 Å². The van der Waals surface area contributed by atoms with Gasteiger partial charge in [-0.25, -0.2) is 0 Å². The van der Waals surface area contributed by atoms with Crippen molar-refractivity contribution < 1.29 is 9.53 Å². The molecule has 106 valence electrons. The van der Waals surface area contributed by atoms with Gasteiger partial charge in [0, 0.05) is 25.6 Å². The molecule has 1 aliphatic heterocycles. The molecule has 18 heavy (non-hydrogen) atoms. The fraction of sp³-hybridized carbons (Fsp3) is 0.933. The molecule has 1 saturated heterocycles. The van der Waals surface area contributed by atoms with Crippen LogP contribution in [0.5, 0.6) is 0 Å². The first-order valence-corrected chi connectivity index (χ1v) is 6.92. The lowest BCUT2D eigenvalue weighted by molar-refractivity contribution is -0.153. The molecule has 0 bridgehead atoms. The van der Waals surface area contributed by atoms with Crippen LogP contribution in [0.2, 0.25) is 0 Å². The number of nitrogens with zero attached hydrogens (tertiary/aromatic N) is 1. The quantitative estimate of drug-likeness (QED) is 0.674. The second kappa shape index (κ2) is 5.20. The molecular weight excluding hydrogens is 226 g/mol. The molecule has 0 aliphatic carbocycles.